The van der Waals surface area contributed by atoms with Crippen molar-refractivity contribution in [1.82, 2.24) is 5.43 Å². The quantitative estimate of drug-likeness (QED) is 0.572. The highest BCUT2D eigenvalue weighted by molar-refractivity contribution is 7.99. The normalized spacial score (nSPS) is 13.3. The molecule has 0 saturated heterocycles. The smallest absolute Gasteiger partial charge is 0.0341 e. The van der Waals surface area contributed by atoms with Crippen LogP contribution in [0.15, 0.2) is 16.8 Å². The molecule has 0 radical (unpaired) electrons. The molecule has 1 aromatic rings. The zero-order chi connectivity index (χ0) is 11.1. The first kappa shape index (κ1) is 13.0. The molecule has 0 amide bonds. The zero-order valence-electron chi connectivity index (χ0n) is 9.40. The fourth-order valence-corrected chi connectivity index (χ4v) is 3.09. The highest BCUT2D eigenvalue weighted by atomic mass is 32.2. The van der Waals surface area contributed by atoms with Crippen molar-refractivity contribution in [3.63, 3.8) is 0 Å². The lowest BCUT2D eigenvalue weighted by atomic mass is 10.1. The maximum absolute atomic E-state index is 5.55. The second-order valence-corrected chi connectivity index (χ2v) is 5.99. The lowest BCUT2D eigenvalue weighted by molar-refractivity contribution is 0.575. The highest BCUT2D eigenvalue weighted by Crippen LogP contribution is 2.13. The number of hydrazine groups is 1. The Kier molecular flexibility index (Phi) is 6.32. The SMILES string of the molecule is CC(C)CSCC(Cc1ccsc1)NN. The Bertz CT molecular complexity index is 247. The Labute approximate surface area is 101 Å². The van der Waals surface area contributed by atoms with Crippen LogP contribution < -0.4 is 11.3 Å². The number of nitrogens with two attached hydrogens (primary N) is 1. The molecule has 0 aliphatic carbocycles. The Balaban J connectivity index is 2.24. The van der Waals surface area contributed by atoms with Crippen molar-refractivity contribution in [3.05, 3.63) is 22.4 Å². The monoisotopic (exact) mass is 244 g/mol. The molecule has 1 rings (SSSR count). The van der Waals surface area contributed by atoms with Crippen LogP contribution in [-0.4, -0.2) is 17.5 Å². The van der Waals surface area contributed by atoms with Gasteiger partial charge in [-0.05, 0) is 40.5 Å². The van der Waals surface area contributed by atoms with E-state index in [1.165, 1.54) is 11.3 Å². The maximum atomic E-state index is 5.55. The number of thioether (sulfide) groups is 1. The molecule has 4 heteroatoms. The van der Waals surface area contributed by atoms with E-state index in [9.17, 15) is 0 Å². The highest BCUT2D eigenvalue weighted by Gasteiger charge is 2.08. The lowest BCUT2D eigenvalue weighted by Gasteiger charge is -2.15. The maximum Gasteiger partial charge on any atom is 0.0341 e. The van der Waals surface area contributed by atoms with E-state index in [0.29, 0.717) is 6.04 Å². The van der Waals surface area contributed by atoms with Crippen LogP contribution in [0.4, 0.5) is 0 Å². The van der Waals surface area contributed by atoms with Gasteiger partial charge in [-0.1, -0.05) is 13.8 Å². The zero-order valence-corrected chi connectivity index (χ0v) is 11.0. The van der Waals surface area contributed by atoms with Gasteiger partial charge < -0.3 is 0 Å². The van der Waals surface area contributed by atoms with Crippen LogP contribution in [-0.2, 0) is 6.42 Å². The molecule has 0 aromatic carbocycles. The number of hydrogen-bond acceptors (Lipinski definition) is 4. The van der Waals surface area contributed by atoms with Gasteiger partial charge in [0.1, 0.15) is 0 Å². The summed E-state index contributed by atoms with van der Waals surface area (Å²) in [6, 6.07) is 2.56. The molecule has 0 aliphatic heterocycles. The van der Waals surface area contributed by atoms with Crippen LogP contribution >= 0.6 is 23.1 Å². The molecule has 0 saturated carbocycles. The molecule has 2 nitrogen and oxygen atoms in total. The fourth-order valence-electron chi connectivity index (χ4n) is 1.31. The van der Waals surface area contributed by atoms with Gasteiger partial charge in [0.05, 0.1) is 0 Å². The van der Waals surface area contributed by atoms with Gasteiger partial charge in [-0.2, -0.15) is 23.1 Å². The van der Waals surface area contributed by atoms with E-state index >= 15 is 0 Å². The molecule has 0 bridgehead atoms. The van der Waals surface area contributed by atoms with Crippen LogP contribution in [0, 0.1) is 5.92 Å². The summed E-state index contributed by atoms with van der Waals surface area (Å²) in [5.74, 6) is 8.60. The summed E-state index contributed by atoms with van der Waals surface area (Å²) in [4.78, 5) is 0. The minimum absolute atomic E-state index is 0.392. The number of rotatable bonds is 7. The molecule has 1 unspecified atom stereocenters. The van der Waals surface area contributed by atoms with Gasteiger partial charge in [-0.3, -0.25) is 11.3 Å². The second-order valence-electron chi connectivity index (χ2n) is 4.13. The summed E-state index contributed by atoms with van der Waals surface area (Å²) in [5, 5.41) is 4.31. The van der Waals surface area contributed by atoms with Crippen LogP contribution in [0.3, 0.4) is 0 Å². The van der Waals surface area contributed by atoms with E-state index in [-0.39, 0.29) is 0 Å². The first-order valence-electron chi connectivity index (χ1n) is 5.27. The molecular formula is C11H20N2S2. The van der Waals surface area contributed by atoms with Crippen LogP contribution in [0.2, 0.25) is 0 Å². The average molecular weight is 244 g/mol. The fraction of sp³-hybridized carbons (Fsp3) is 0.636. The molecule has 3 N–H and O–H groups in total. The van der Waals surface area contributed by atoms with E-state index in [2.05, 4.69) is 36.1 Å². The molecule has 0 aliphatic rings. The molecular weight excluding hydrogens is 224 g/mol. The Hall–Kier alpha value is -0.0300. The molecule has 0 spiro atoms. The van der Waals surface area contributed by atoms with Crippen molar-refractivity contribution in [2.24, 2.45) is 11.8 Å². The van der Waals surface area contributed by atoms with Crippen molar-refractivity contribution in [1.29, 1.82) is 0 Å². The summed E-state index contributed by atoms with van der Waals surface area (Å²) in [5.41, 5.74) is 4.28. The first-order valence-corrected chi connectivity index (χ1v) is 7.37. The Morgan fingerprint density at radius 3 is 2.80 bits per heavy atom. The van der Waals surface area contributed by atoms with Crippen molar-refractivity contribution >= 4 is 23.1 Å². The minimum Gasteiger partial charge on any atom is -0.271 e. The van der Waals surface area contributed by atoms with Crippen molar-refractivity contribution in [2.75, 3.05) is 11.5 Å². The molecule has 86 valence electrons. The van der Waals surface area contributed by atoms with Gasteiger partial charge in [0.15, 0.2) is 0 Å². The largest absolute Gasteiger partial charge is 0.271 e. The predicted octanol–water partition coefficient (Wildman–Crippen LogP) is 2.51. The van der Waals surface area contributed by atoms with E-state index < -0.39 is 0 Å². The summed E-state index contributed by atoms with van der Waals surface area (Å²) < 4.78 is 0. The van der Waals surface area contributed by atoms with Crippen LogP contribution in [0.5, 0.6) is 0 Å². The van der Waals surface area contributed by atoms with Gasteiger partial charge in [-0.25, -0.2) is 0 Å². The van der Waals surface area contributed by atoms with E-state index in [0.717, 1.165) is 18.1 Å². The number of nitrogens with one attached hydrogen (secondary N) is 1. The minimum atomic E-state index is 0.392. The number of hydrogen-bond donors (Lipinski definition) is 2. The summed E-state index contributed by atoms with van der Waals surface area (Å²) >= 11 is 3.72. The van der Waals surface area contributed by atoms with E-state index in [4.69, 9.17) is 5.84 Å². The molecule has 1 atom stereocenters. The third kappa shape index (κ3) is 5.56. The van der Waals surface area contributed by atoms with E-state index in [1.807, 2.05) is 11.8 Å². The van der Waals surface area contributed by atoms with Gasteiger partial charge in [-0.15, -0.1) is 0 Å². The summed E-state index contributed by atoms with van der Waals surface area (Å²) in [6.07, 6.45) is 1.03. The summed E-state index contributed by atoms with van der Waals surface area (Å²) in [6.45, 7) is 4.49. The predicted molar refractivity (Wildman–Crippen MR) is 71.3 cm³/mol. The molecule has 0 fully saturated rings. The Morgan fingerprint density at radius 2 is 2.27 bits per heavy atom. The first-order chi connectivity index (χ1) is 7.22. The van der Waals surface area contributed by atoms with Crippen molar-refractivity contribution in [2.45, 2.75) is 26.3 Å². The molecule has 1 aromatic heterocycles. The standard InChI is InChI=1S/C11H20N2S2/c1-9(2)6-15-8-11(13-12)5-10-3-4-14-7-10/h3-4,7,9,11,13H,5-6,8,12H2,1-2H3. The average Bonchev–Trinajstić information content (AvgIpc) is 2.68. The molecule has 15 heavy (non-hydrogen) atoms. The van der Waals surface area contributed by atoms with Gasteiger partial charge in [0.25, 0.3) is 0 Å². The topological polar surface area (TPSA) is 38.0 Å². The Morgan fingerprint density at radius 1 is 1.47 bits per heavy atom. The third-order valence-electron chi connectivity index (χ3n) is 2.07. The van der Waals surface area contributed by atoms with Gasteiger partial charge in [0, 0.05) is 11.8 Å². The summed E-state index contributed by atoms with van der Waals surface area (Å²) in [7, 11) is 0. The van der Waals surface area contributed by atoms with Gasteiger partial charge >= 0.3 is 0 Å². The molecule has 1 heterocycles. The van der Waals surface area contributed by atoms with Crippen molar-refractivity contribution < 1.29 is 0 Å². The van der Waals surface area contributed by atoms with Gasteiger partial charge in [0.2, 0.25) is 0 Å². The van der Waals surface area contributed by atoms with E-state index in [1.54, 1.807) is 11.3 Å². The van der Waals surface area contributed by atoms with Crippen molar-refractivity contribution in [3.8, 4) is 0 Å². The second kappa shape index (κ2) is 7.28. The third-order valence-corrected chi connectivity index (χ3v) is 4.34. The van der Waals surface area contributed by atoms with Crippen LogP contribution in [0.25, 0.3) is 0 Å². The van der Waals surface area contributed by atoms with Crippen LogP contribution in [0.1, 0.15) is 19.4 Å². The lowest BCUT2D eigenvalue weighted by Crippen LogP contribution is -2.38. The number of thiophene rings is 1.